The van der Waals surface area contributed by atoms with Crippen molar-refractivity contribution in [2.75, 3.05) is 26.2 Å². The van der Waals surface area contributed by atoms with Gasteiger partial charge in [0.05, 0.1) is 0 Å². The second-order valence-electron chi connectivity index (χ2n) is 4.77. The molecule has 0 amide bonds. The van der Waals surface area contributed by atoms with E-state index in [4.69, 9.17) is 0 Å². The third-order valence-corrected chi connectivity index (χ3v) is 3.56. The van der Waals surface area contributed by atoms with E-state index in [0.717, 1.165) is 44.6 Å². The topological polar surface area (TPSA) is 15.3 Å². The Morgan fingerprint density at radius 1 is 1.29 bits per heavy atom. The fourth-order valence-electron chi connectivity index (χ4n) is 2.37. The molecule has 1 aromatic rings. The lowest BCUT2D eigenvalue weighted by molar-refractivity contribution is 0.176. The average Bonchev–Trinajstić information content (AvgIpc) is 2.38. The number of benzene rings is 1. The van der Waals surface area contributed by atoms with Crippen molar-refractivity contribution in [3.05, 3.63) is 35.6 Å². The molecule has 1 unspecified atom stereocenters. The lowest BCUT2D eigenvalue weighted by Crippen LogP contribution is -2.47. The van der Waals surface area contributed by atoms with E-state index in [9.17, 15) is 4.39 Å². The fraction of sp³-hybridized carbons (Fsp3) is 0.571. The minimum atomic E-state index is -0.0694. The number of hydrogen-bond donors (Lipinski definition) is 1. The number of halogens is 1. The van der Waals surface area contributed by atoms with Crippen LogP contribution in [0.2, 0.25) is 0 Å². The number of piperazine rings is 1. The van der Waals surface area contributed by atoms with Gasteiger partial charge < -0.3 is 5.32 Å². The van der Waals surface area contributed by atoms with Gasteiger partial charge in [-0.25, -0.2) is 4.39 Å². The maximum atomic E-state index is 13.5. The highest BCUT2D eigenvalue weighted by Gasteiger charge is 2.16. The molecule has 1 aliphatic heterocycles. The summed E-state index contributed by atoms with van der Waals surface area (Å²) in [4.78, 5) is 2.48. The van der Waals surface area contributed by atoms with Gasteiger partial charge in [0.15, 0.2) is 0 Å². The van der Waals surface area contributed by atoms with Crippen molar-refractivity contribution in [1.29, 1.82) is 0 Å². The van der Waals surface area contributed by atoms with E-state index in [2.05, 4.69) is 17.1 Å². The molecule has 17 heavy (non-hydrogen) atoms. The average molecular weight is 236 g/mol. The summed E-state index contributed by atoms with van der Waals surface area (Å²) in [5.41, 5.74) is 0.842. The van der Waals surface area contributed by atoms with Crippen LogP contribution < -0.4 is 5.32 Å². The van der Waals surface area contributed by atoms with Crippen molar-refractivity contribution in [2.24, 2.45) is 0 Å². The minimum absolute atomic E-state index is 0.0694. The highest BCUT2D eigenvalue weighted by Crippen LogP contribution is 2.13. The Hall–Kier alpha value is -0.930. The summed E-state index contributed by atoms with van der Waals surface area (Å²) in [7, 11) is 0. The first-order valence-corrected chi connectivity index (χ1v) is 6.45. The van der Waals surface area contributed by atoms with Crippen molar-refractivity contribution in [2.45, 2.75) is 25.8 Å². The summed E-state index contributed by atoms with van der Waals surface area (Å²) in [5.74, 6) is -0.0694. The first kappa shape index (κ1) is 12.5. The van der Waals surface area contributed by atoms with E-state index in [-0.39, 0.29) is 5.82 Å². The van der Waals surface area contributed by atoms with Gasteiger partial charge in [0.25, 0.3) is 0 Å². The maximum absolute atomic E-state index is 13.5. The summed E-state index contributed by atoms with van der Waals surface area (Å²) in [6.07, 6.45) is 1.86. The second-order valence-corrected chi connectivity index (χ2v) is 4.77. The Balaban J connectivity index is 1.83. The molecular formula is C14H21FN2. The van der Waals surface area contributed by atoms with Gasteiger partial charge in [-0.05, 0) is 31.4 Å². The van der Waals surface area contributed by atoms with Gasteiger partial charge in [-0.15, -0.1) is 0 Å². The number of rotatable bonds is 4. The number of aryl methyl sites for hydroxylation is 1. The first-order chi connectivity index (χ1) is 8.27. The molecule has 0 aliphatic carbocycles. The van der Waals surface area contributed by atoms with Crippen LogP contribution in [0, 0.1) is 5.82 Å². The predicted octanol–water partition coefficient (Wildman–Crippen LogP) is 2.05. The fourth-order valence-corrected chi connectivity index (χ4v) is 2.37. The largest absolute Gasteiger partial charge is 0.314 e. The number of nitrogens with one attached hydrogen (secondary N) is 1. The van der Waals surface area contributed by atoms with Crippen LogP contribution in [0.4, 0.5) is 4.39 Å². The third-order valence-electron chi connectivity index (χ3n) is 3.56. The summed E-state index contributed by atoms with van der Waals surface area (Å²) in [6, 6.07) is 7.63. The van der Waals surface area contributed by atoms with Crippen molar-refractivity contribution < 1.29 is 4.39 Å². The van der Waals surface area contributed by atoms with Gasteiger partial charge in [0.1, 0.15) is 5.82 Å². The van der Waals surface area contributed by atoms with Gasteiger partial charge >= 0.3 is 0 Å². The molecule has 0 radical (unpaired) electrons. The molecule has 94 valence electrons. The van der Waals surface area contributed by atoms with Gasteiger partial charge in [0.2, 0.25) is 0 Å². The molecule has 3 heteroatoms. The van der Waals surface area contributed by atoms with E-state index < -0.39 is 0 Å². The van der Waals surface area contributed by atoms with E-state index in [1.807, 2.05) is 12.1 Å². The Bertz CT molecular complexity index is 348. The molecule has 0 bridgehead atoms. The standard InChI is InChI=1S/C14H21FN2/c1-12(17-10-8-16-9-11-17)6-7-13-4-2-3-5-14(13)15/h2-5,12,16H,6-11H2,1H3. The normalized spacial score (nSPS) is 19.2. The van der Waals surface area contributed by atoms with Crippen LogP contribution in [0.5, 0.6) is 0 Å². The zero-order valence-corrected chi connectivity index (χ0v) is 10.5. The molecule has 1 fully saturated rings. The monoisotopic (exact) mass is 236 g/mol. The molecule has 0 saturated carbocycles. The Labute approximate surface area is 103 Å². The van der Waals surface area contributed by atoms with Crippen LogP contribution >= 0.6 is 0 Å². The van der Waals surface area contributed by atoms with Gasteiger partial charge in [-0.3, -0.25) is 4.90 Å². The van der Waals surface area contributed by atoms with Crippen molar-refractivity contribution in [3.63, 3.8) is 0 Å². The maximum Gasteiger partial charge on any atom is 0.126 e. The van der Waals surface area contributed by atoms with Crippen LogP contribution in [0.1, 0.15) is 18.9 Å². The van der Waals surface area contributed by atoms with Crippen molar-refractivity contribution in [3.8, 4) is 0 Å². The summed E-state index contributed by atoms with van der Waals surface area (Å²) in [5, 5.41) is 3.35. The van der Waals surface area contributed by atoms with E-state index in [0.29, 0.717) is 6.04 Å². The highest BCUT2D eigenvalue weighted by atomic mass is 19.1. The van der Waals surface area contributed by atoms with Crippen LogP contribution in [0.15, 0.2) is 24.3 Å². The Morgan fingerprint density at radius 2 is 2.00 bits per heavy atom. The lowest BCUT2D eigenvalue weighted by atomic mass is 10.0. The number of hydrogen-bond acceptors (Lipinski definition) is 2. The Morgan fingerprint density at radius 3 is 2.71 bits per heavy atom. The molecule has 2 rings (SSSR count). The molecule has 2 nitrogen and oxygen atoms in total. The van der Waals surface area contributed by atoms with Crippen LogP contribution in [0.3, 0.4) is 0 Å². The Kier molecular flexibility index (Phi) is 4.51. The summed E-state index contributed by atoms with van der Waals surface area (Å²) in [6.45, 7) is 6.61. The SMILES string of the molecule is CC(CCc1ccccc1F)N1CCNCC1. The van der Waals surface area contributed by atoms with Crippen LogP contribution in [0.25, 0.3) is 0 Å². The number of nitrogens with zero attached hydrogens (tertiary/aromatic N) is 1. The summed E-state index contributed by atoms with van der Waals surface area (Å²) < 4.78 is 13.5. The zero-order valence-electron chi connectivity index (χ0n) is 10.5. The molecule has 1 aromatic carbocycles. The molecule has 0 spiro atoms. The van der Waals surface area contributed by atoms with E-state index in [1.165, 1.54) is 0 Å². The highest BCUT2D eigenvalue weighted by molar-refractivity contribution is 5.17. The molecule has 1 aliphatic rings. The van der Waals surface area contributed by atoms with Gasteiger partial charge in [0, 0.05) is 32.2 Å². The molecule has 0 aromatic heterocycles. The predicted molar refractivity (Wildman–Crippen MR) is 68.6 cm³/mol. The lowest BCUT2D eigenvalue weighted by Gasteiger charge is -2.32. The van der Waals surface area contributed by atoms with Crippen molar-refractivity contribution in [1.82, 2.24) is 10.2 Å². The van der Waals surface area contributed by atoms with Gasteiger partial charge in [-0.2, -0.15) is 0 Å². The molecule has 1 heterocycles. The molecule has 1 saturated heterocycles. The quantitative estimate of drug-likeness (QED) is 0.860. The van der Waals surface area contributed by atoms with E-state index >= 15 is 0 Å². The first-order valence-electron chi connectivity index (χ1n) is 6.45. The molecule has 1 N–H and O–H groups in total. The zero-order chi connectivity index (χ0) is 12.1. The third kappa shape index (κ3) is 3.51. The van der Waals surface area contributed by atoms with Crippen LogP contribution in [-0.4, -0.2) is 37.1 Å². The van der Waals surface area contributed by atoms with Crippen molar-refractivity contribution >= 4 is 0 Å². The molecular weight excluding hydrogens is 215 g/mol. The van der Waals surface area contributed by atoms with Crippen LogP contribution in [-0.2, 0) is 6.42 Å². The van der Waals surface area contributed by atoms with E-state index in [1.54, 1.807) is 12.1 Å². The molecule has 1 atom stereocenters. The second kappa shape index (κ2) is 6.12. The summed E-state index contributed by atoms with van der Waals surface area (Å²) >= 11 is 0. The van der Waals surface area contributed by atoms with Gasteiger partial charge in [-0.1, -0.05) is 18.2 Å². The minimum Gasteiger partial charge on any atom is -0.314 e. The smallest absolute Gasteiger partial charge is 0.126 e.